The fourth-order valence-electron chi connectivity index (χ4n) is 4.80. The average Bonchev–Trinajstić information content (AvgIpc) is 3.21. The number of likely N-dealkylation sites (tertiary alicyclic amines) is 1. The zero-order valence-corrected chi connectivity index (χ0v) is 19.7. The molecule has 1 aliphatic rings. The van der Waals surface area contributed by atoms with Gasteiger partial charge in [0, 0.05) is 42.9 Å². The van der Waals surface area contributed by atoms with Gasteiger partial charge in [0.25, 0.3) is 5.91 Å². The molecular formula is C28H31N5O. The summed E-state index contributed by atoms with van der Waals surface area (Å²) in [5.74, 6) is 0.707. The van der Waals surface area contributed by atoms with Gasteiger partial charge < -0.3 is 10.2 Å². The van der Waals surface area contributed by atoms with Gasteiger partial charge in [-0.05, 0) is 86.1 Å². The van der Waals surface area contributed by atoms with Crippen molar-refractivity contribution in [1.29, 1.82) is 0 Å². The molecular weight excluding hydrogens is 422 g/mol. The molecule has 174 valence electrons. The highest BCUT2D eigenvalue weighted by Gasteiger charge is 2.22. The summed E-state index contributed by atoms with van der Waals surface area (Å²) in [5.41, 5.74) is 6.26. The Kier molecular flexibility index (Phi) is 6.56. The van der Waals surface area contributed by atoms with Gasteiger partial charge in [0.2, 0.25) is 0 Å². The highest BCUT2D eigenvalue weighted by molar-refractivity contribution is 5.95. The summed E-state index contributed by atoms with van der Waals surface area (Å²) >= 11 is 0. The maximum atomic E-state index is 13.3. The fourth-order valence-corrected chi connectivity index (χ4v) is 4.80. The molecule has 1 aromatic carbocycles. The van der Waals surface area contributed by atoms with Crippen molar-refractivity contribution in [2.75, 3.05) is 18.4 Å². The van der Waals surface area contributed by atoms with E-state index in [-0.39, 0.29) is 5.91 Å². The van der Waals surface area contributed by atoms with Crippen molar-refractivity contribution >= 4 is 17.1 Å². The zero-order valence-electron chi connectivity index (χ0n) is 19.7. The number of hydrogen-bond acceptors (Lipinski definition) is 4. The Morgan fingerprint density at radius 1 is 1.06 bits per heavy atom. The van der Waals surface area contributed by atoms with Crippen LogP contribution in [0.25, 0.3) is 5.52 Å². The average molecular weight is 454 g/mol. The molecule has 1 amide bonds. The molecule has 4 aromatic rings. The lowest BCUT2D eigenvalue weighted by atomic mass is 9.93. The minimum atomic E-state index is 0.125. The molecule has 5 rings (SSSR count). The molecule has 0 spiro atoms. The summed E-state index contributed by atoms with van der Waals surface area (Å²) in [6, 6.07) is 18.2. The monoisotopic (exact) mass is 453 g/mol. The molecule has 1 fully saturated rings. The number of nitrogens with zero attached hydrogens (tertiary/aromatic N) is 4. The lowest BCUT2D eigenvalue weighted by Gasteiger charge is -2.21. The largest absolute Gasteiger partial charge is 0.379 e. The third-order valence-electron chi connectivity index (χ3n) is 6.79. The third-order valence-corrected chi connectivity index (χ3v) is 6.79. The maximum absolute atomic E-state index is 13.3. The van der Waals surface area contributed by atoms with E-state index in [1.54, 1.807) is 6.20 Å². The van der Waals surface area contributed by atoms with Crippen LogP contribution in [-0.2, 0) is 13.0 Å². The third kappa shape index (κ3) is 5.11. The Hall–Kier alpha value is -3.67. The van der Waals surface area contributed by atoms with E-state index in [2.05, 4.69) is 40.7 Å². The van der Waals surface area contributed by atoms with E-state index in [4.69, 9.17) is 0 Å². The van der Waals surface area contributed by atoms with Gasteiger partial charge in [0.15, 0.2) is 0 Å². The Bertz CT molecular complexity index is 1270. The molecule has 34 heavy (non-hydrogen) atoms. The quantitative estimate of drug-likeness (QED) is 0.439. The molecule has 0 saturated carbocycles. The summed E-state index contributed by atoms with van der Waals surface area (Å²) in [6.07, 6.45) is 10.0. The SMILES string of the molecule is Cc1ccc(C(=O)N2CCCC(Cc3ccc4ccnn4c3)CC2)cc1NCc1ccccn1. The fraction of sp³-hybridized carbons (Fsp3) is 0.321. The van der Waals surface area contributed by atoms with Crippen molar-refractivity contribution in [3.8, 4) is 0 Å². The number of anilines is 1. The predicted molar refractivity (Wildman–Crippen MR) is 135 cm³/mol. The first-order valence-electron chi connectivity index (χ1n) is 12.1. The summed E-state index contributed by atoms with van der Waals surface area (Å²) in [6.45, 7) is 4.32. The lowest BCUT2D eigenvalue weighted by molar-refractivity contribution is 0.0760. The molecule has 1 N–H and O–H groups in total. The van der Waals surface area contributed by atoms with E-state index >= 15 is 0 Å². The first-order valence-corrected chi connectivity index (χ1v) is 12.1. The number of fused-ring (bicyclic) bond motifs is 1. The second-order valence-corrected chi connectivity index (χ2v) is 9.24. The molecule has 6 heteroatoms. The van der Waals surface area contributed by atoms with Crippen molar-refractivity contribution in [1.82, 2.24) is 19.5 Å². The Balaban J connectivity index is 1.21. The number of rotatable bonds is 6. The van der Waals surface area contributed by atoms with Gasteiger partial charge in [-0.15, -0.1) is 0 Å². The van der Waals surface area contributed by atoms with Crippen LogP contribution in [0.5, 0.6) is 0 Å². The zero-order chi connectivity index (χ0) is 23.3. The van der Waals surface area contributed by atoms with Crippen LogP contribution < -0.4 is 5.32 Å². The van der Waals surface area contributed by atoms with Crippen LogP contribution in [0.2, 0.25) is 0 Å². The van der Waals surface area contributed by atoms with Crippen LogP contribution in [0.15, 0.2) is 73.2 Å². The van der Waals surface area contributed by atoms with Gasteiger partial charge in [-0.3, -0.25) is 9.78 Å². The molecule has 3 aromatic heterocycles. The van der Waals surface area contributed by atoms with Gasteiger partial charge in [-0.2, -0.15) is 5.10 Å². The van der Waals surface area contributed by atoms with Gasteiger partial charge in [0.1, 0.15) is 0 Å². The number of amides is 1. The Labute approximate surface area is 200 Å². The summed E-state index contributed by atoms with van der Waals surface area (Å²) in [4.78, 5) is 19.7. The van der Waals surface area contributed by atoms with E-state index in [1.165, 1.54) is 5.56 Å². The molecule has 1 atom stereocenters. The minimum absolute atomic E-state index is 0.125. The van der Waals surface area contributed by atoms with Crippen molar-refractivity contribution in [2.24, 2.45) is 5.92 Å². The number of carbonyl (C=O) groups excluding carboxylic acids is 1. The summed E-state index contributed by atoms with van der Waals surface area (Å²) < 4.78 is 1.94. The Morgan fingerprint density at radius 3 is 2.88 bits per heavy atom. The molecule has 0 radical (unpaired) electrons. The minimum Gasteiger partial charge on any atom is -0.379 e. The van der Waals surface area contributed by atoms with Gasteiger partial charge in [-0.25, -0.2) is 4.52 Å². The number of aromatic nitrogens is 3. The van der Waals surface area contributed by atoms with Gasteiger partial charge in [0.05, 0.1) is 17.8 Å². The van der Waals surface area contributed by atoms with E-state index in [1.807, 2.05) is 58.1 Å². The van der Waals surface area contributed by atoms with Gasteiger partial charge >= 0.3 is 0 Å². The number of aryl methyl sites for hydroxylation is 1. The molecule has 0 aliphatic carbocycles. The van der Waals surface area contributed by atoms with Crippen LogP contribution in [0.1, 0.15) is 46.4 Å². The van der Waals surface area contributed by atoms with Crippen LogP contribution in [0.3, 0.4) is 0 Å². The predicted octanol–water partition coefficient (Wildman–Crippen LogP) is 5.13. The summed E-state index contributed by atoms with van der Waals surface area (Å²) in [7, 11) is 0. The molecule has 0 bridgehead atoms. The number of pyridine rings is 2. The normalized spacial score (nSPS) is 16.4. The highest BCUT2D eigenvalue weighted by Crippen LogP contribution is 2.25. The topological polar surface area (TPSA) is 62.5 Å². The Morgan fingerprint density at radius 2 is 2.00 bits per heavy atom. The molecule has 1 aliphatic heterocycles. The number of benzene rings is 1. The van der Waals surface area contributed by atoms with Crippen LogP contribution in [0, 0.1) is 12.8 Å². The van der Waals surface area contributed by atoms with Crippen molar-refractivity contribution < 1.29 is 4.79 Å². The van der Waals surface area contributed by atoms with Crippen LogP contribution >= 0.6 is 0 Å². The first kappa shape index (κ1) is 22.1. The van der Waals surface area contributed by atoms with Crippen molar-refractivity contribution in [3.05, 3.63) is 95.6 Å². The second kappa shape index (κ2) is 10.1. The van der Waals surface area contributed by atoms with E-state index in [0.29, 0.717) is 12.5 Å². The lowest BCUT2D eigenvalue weighted by Crippen LogP contribution is -2.32. The van der Waals surface area contributed by atoms with Gasteiger partial charge in [-0.1, -0.05) is 18.2 Å². The second-order valence-electron chi connectivity index (χ2n) is 9.24. The maximum Gasteiger partial charge on any atom is 0.253 e. The molecule has 1 saturated heterocycles. The molecule has 6 nitrogen and oxygen atoms in total. The number of carbonyl (C=O) groups is 1. The van der Waals surface area contributed by atoms with Crippen molar-refractivity contribution in [2.45, 2.75) is 39.2 Å². The van der Waals surface area contributed by atoms with Crippen LogP contribution in [0.4, 0.5) is 5.69 Å². The first-order chi connectivity index (χ1) is 16.7. The molecule has 1 unspecified atom stereocenters. The standard InChI is InChI=1S/C28H31N5O/c1-21-7-9-24(18-27(21)30-19-25-6-2-3-13-29-25)28(34)32-15-4-5-22(12-16-32)17-23-8-10-26-11-14-31-33(26)20-23/h2-3,6-11,13-14,18,20,22,30H,4-5,12,15-17,19H2,1H3. The van der Waals surface area contributed by atoms with Crippen LogP contribution in [-0.4, -0.2) is 38.5 Å². The number of hydrogen-bond donors (Lipinski definition) is 1. The summed E-state index contributed by atoms with van der Waals surface area (Å²) in [5, 5.41) is 7.80. The molecule has 4 heterocycles. The smallest absolute Gasteiger partial charge is 0.253 e. The van der Waals surface area contributed by atoms with E-state index in [9.17, 15) is 4.79 Å². The number of nitrogens with one attached hydrogen (secondary N) is 1. The van der Waals surface area contributed by atoms with E-state index < -0.39 is 0 Å². The highest BCUT2D eigenvalue weighted by atomic mass is 16.2. The van der Waals surface area contributed by atoms with Crippen molar-refractivity contribution in [3.63, 3.8) is 0 Å². The van der Waals surface area contributed by atoms with E-state index in [0.717, 1.165) is 66.8 Å².